The van der Waals surface area contributed by atoms with Crippen LogP contribution in [0.5, 0.6) is 5.75 Å². The number of carbonyl (C=O) groups excluding carboxylic acids is 2. The van der Waals surface area contributed by atoms with Crippen molar-refractivity contribution in [2.75, 3.05) is 18.5 Å². The molecule has 136 valence electrons. The predicted molar refractivity (Wildman–Crippen MR) is 96.3 cm³/mol. The van der Waals surface area contributed by atoms with Gasteiger partial charge in [0.25, 0.3) is 5.91 Å². The largest absolute Gasteiger partial charge is 0.493 e. The second-order valence-corrected chi connectivity index (χ2v) is 5.61. The number of ether oxygens (including phenoxy) is 1. The van der Waals surface area contributed by atoms with E-state index in [4.69, 9.17) is 9.84 Å². The first-order chi connectivity index (χ1) is 12.4. The summed E-state index contributed by atoms with van der Waals surface area (Å²) in [6.45, 7) is 1.79. The Morgan fingerprint density at radius 3 is 2.27 bits per heavy atom. The van der Waals surface area contributed by atoms with E-state index in [2.05, 4.69) is 10.6 Å². The maximum Gasteiger partial charge on any atom is 0.322 e. The van der Waals surface area contributed by atoms with Crippen molar-refractivity contribution >= 4 is 23.5 Å². The number of hydrogen-bond acceptors (Lipinski definition) is 4. The number of carboxylic acids is 1. The molecule has 3 N–H and O–H groups in total. The van der Waals surface area contributed by atoms with Gasteiger partial charge in [0.2, 0.25) is 5.91 Å². The van der Waals surface area contributed by atoms with E-state index in [0.717, 1.165) is 5.56 Å². The first-order valence-electron chi connectivity index (χ1n) is 8.03. The topological polar surface area (TPSA) is 105 Å². The summed E-state index contributed by atoms with van der Waals surface area (Å²) in [5, 5.41) is 13.5. The van der Waals surface area contributed by atoms with Gasteiger partial charge in [-0.05, 0) is 43.3 Å². The van der Waals surface area contributed by atoms with Crippen LogP contribution in [0.15, 0.2) is 48.5 Å². The quantitative estimate of drug-likeness (QED) is 0.673. The van der Waals surface area contributed by atoms with E-state index in [1.807, 2.05) is 31.2 Å². The fourth-order valence-corrected chi connectivity index (χ4v) is 2.08. The molecular formula is C19H20N2O5. The van der Waals surface area contributed by atoms with Crippen molar-refractivity contribution in [3.63, 3.8) is 0 Å². The Hall–Kier alpha value is -3.35. The summed E-state index contributed by atoms with van der Waals surface area (Å²) < 4.78 is 5.50. The number of amides is 2. The first kappa shape index (κ1) is 19.0. The third-order valence-corrected chi connectivity index (χ3v) is 3.45. The Morgan fingerprint density at radius 1 is 1.00 bits per heavy atom. The van der Waals surface area contributed by atoms with E-state index in [-0.39, 0.29) is 18.9 Å². The normalized spacial score (nSPS) is 10.0. The van der Waals surface area contributed by atoms with Gasteiger partial charge >= 0.3 is 5.97 Å². The minimum absolute atomic E-state index is 0.189. The zero-order valence-corrected chi connectivity index (χ0v) is 14.3. The lowest BCUT2D eigenvalue weighted by Gasteiger charge is -2.08. The minimum Gasteiger partial charge on any atom is -0.493 e. The Kier molecular flexibility index (Phi) is 6.73. The molecule has 2 rings (SSSR count). The van der Waals surface area contributed by atoms with Crippen molar-refractivity contribution in [1.82, 2.24) is 5.32 Å². The summed E-state index contributed by atoms with van der Waals surface area (Å²) >= 11 is 0. The van der Waals surface area contributed by atoms with E-state index in [0.29, 0.717) is 17.0 Å². The highest BCUT2D eigenvalue weighted by Crippen LogP contribution is 2.12. The summed E-state index contributed by atoms with van der Waals surface area (Å²) in [5.41, 5.74) is 1.99. The van der Waals surface area contributed by atoms with Gasteiger partial charge in [-0.1, -0.05) is 17.7 Å². The maximum atomic E-state index is 11.9. The lowest BCUT2D eigenvalue weighted by atomic mass is 10.2. The summed E-state index contributed by atoms with van der Waals surface area (Å²) in [5.74, 6) is -1.10. The van der Waals surface area contributed by atoms with E-state index in [1.165, 1.54) is 12.1 Å². The van der Waals surface area contributed by atoms with Gasteiger partial charge in [-0.15, -0.1) is 0 Å². The fourth-order valence-electron chi connectivity index (χ4n) is 2.08. The molecule has 0 aliphatic carbocycles. The molecule has 0 bridgehead atoms. The van der Waals surface area contributed by atoms with Crippen LogP contribution in [-0.4, -0.2) is 36.0 Å². The standard InChI is InChI=1S/C19H20N2O5/c1-13-2-8-16(9-3-13)26-11-10-17(22)21-15-6-4-14(5-7-15)19(25)20-12-18(23)24/h2-9H,10-12H2,1H3,(H,20,25)(H,21,22)(H,23,24). The van der Waals surface area contributed by atoms with Crippen molar-refractivity contribution in [2.45, 2.75) is 13.3 Å². The second-order valence-electron chi connectivity index (χ2n) is 5.61. The number of carbonyl (C=O) groups is 3. The molecule has 2 aromatic rings. The van der Waals surface area contributed by atoms with Gasteiger partial charge in [0.15, 0.2) is 0 Å². The number of aliphatic carboxylic acids is 1. The molecule has 7 heteroatoms. The number of benzene rings is 2. The zero-order valence-electron chi connectivity index (χ0n) is 14.3. The van der Waals surface area contributed by atoms with Crippen LogP contribution in [0.25, 0.3) is 0 Å². The molecule has 0 heterocycles. The lowest BCUT2D eigenvalue weighted by Crippen LogP contribution is -2.29. The summed E-state index contributed by atoms with van der Waals surface area (Å²) in [6, 6.07) is 13.7. The van der Waals surface area contributed by atoms with Crippen LogP contribution in [0.3, 0.4) is 0 Å². The average Bonchev–Trinajstić information content (AvgIpc) is 2.62. The van der Waals surface area contributed by atoms with Crippen LogP contribution < -0.4 is 15.4 Å². The van der Waals surface area contributed by atoms with E-state index in [1.54, 1.807) is 12.1 Å². The van der Waals surface area contributed by atoms with Crippen molar-refractivity contribution in [2.24, 2.45) is 0 Å². The van der Waals surface area contributed by atoms with Gasteiger partial charge in [0.1, 0.15) is 12.3 Å². The van der Waals surface area contributed by atoms with Crippen molar-refractivity contribution in [1.29, 1.82) is 0 Å². The van der Waals surface area contributed by atoms with Gasteiger partial charge in [-0.25, -0.2) is 0 Å². The average molecular weight is 356 g/mol. The van der Waals surface area contributed by atoms with Crippen LogP contribution in [0.4, 0.5) is 5.69 Å². The zero-order chi connectivity index (χ0) is 18.9. The Morgan fingerprint density at radius 2 is 1.65 bits per heavy atom. The molecule has 0 radical (unpaired) electrons. The molecule has 0 saturated heterocycles. The molecule has 0 saturated carbocycles. The van der Waals surface area contributed by atoms with Crippen LogP contribution in [0.2, 0.25) is 0 Å². The molecule has 0 atom stereocenters. The van der Waals surface area contributed by atoms with Crippen molar-refractivity contribution < 1.29 is 24.2 Å². The highest BCUT2D eigenvalue weighted by Gasteiger charge is 2.08. The van der Waals surface area contributed by atoms with Crippen LogP contribution in [-0.2, 0) is 9.59 Å². The third kappa shape index (κ3) is 6.27. The Balaban J connectivity index is 1.77. The molecule has 26 heavy (non-hydrogen) atoms. The minimum atomic E-state index is -1.12. The lowest BCUT2D eigenvalue weighted by molar-refractivity contribution is -0.135. The summed E-state index contributed by atoms with van der Waals surface area (Å²) in [7, 11) is 0. The van der Waals surface area contributed by atoms with Gasteiger partial charge in [0.05, 0.1) is 13.0 Å². The number of carboxylic acid groups (broad SMARTS) is 1. The molecule has 7 nitrogen and oxygen atoms in total. The molecular weight excluding hydrogens is 336 g/mol. The van der Waals surface area contributed by atoms with E-state index < -0.39 is 18.4 Å². The molecule has 2 aromatic carbocycles. The molecule has 0 aliphatic rings. The van der Waals surface area contributed by atoms with Gasteiger partial charge in [-0.2, -0.15) is 0 Å². The van der Waals surface area contributed by atoms with Gasteiger partial charge in [0, 0.05) is 11.3 Å². The van der Waals surface area contributed by atoms with Crippen molar-refractivity contribution in [3.05, 3.63) is 59.7 Å². The van der Waals surface area contributed by atoms with Crippen molar-refractivity contribution in [3.8, 4) is 5.75 Å². The SMILES string of the molecule is Cc1ccc(OCCC(=O)Nc2ccc(C(=O)NCC(=O)O)cc2)cc1. The molecule has 2 amide bonds. The maximum absolute atomic E-state index is 11.9. The fraction of sp³-hybridized carbons (Fsp3) is 0.211. The van der Waals surface area contributed by atoms with E-state index >= 15 is 0 Å². The molecule has 0 unspecified atom stereocenters. The molecule has 0 aromatic heterocycles. The van der Waals surface area contributed by atoms with Gasteiger partial charge in [-0.3, -0.25) is 14.4 Å². The highest BCUT2D eigenvalue weighted by atomic mass is 16.5. The van der Waals surface area contributed by atoms with Crippen LogP contribution in [0.1, 0.15) is 22.3 Å². The smallest absolute Gasteiger partial charge is 0.322 e. The Labute approximate surface area is 151 Å². The first-order valence-corrected chi connectivity index (χ1v) is 8.03. The van der Waals surface area contributed by atoms with E-state index in [9.17, 15) is 14.4 Å². The second kappa shape index (κ2) is 9.22. The Bertz CT molecular complexity index is 770. The number of hydrogen-bond donors (Lipinski definition) is 3. The monoisotopic (exact) mass is 356 g/mol. The van der Waals surface area contributed by atoms with Crippen LogP contribution >= 0.6 is 0 Å². The highest BCUT2D eigenvalue weighted by molar-refractivity contribution is 5.97. The third-order valence-electron chi connectivity index (χ3n) is 3.45. The number of rotatable bonds is 8. The van der Waals surface area contributed by atoms with Crippen LogP contribution in [0, 0.1) is 6.92 Å². The molecule has 0 aliphatic heterocycles. The molecule has 0 fully saturated rings. The summed E-state index contributed by atoms with van der Waals surface area (Å²) in [6.07, 6.45) is 0.189. The number of nitrogens with one attached hydrogen (secondary N) is 2. The summed E-state index contributed by atoms with van der Waals surface area (Å²) in [4.78, 5) is 34.0. The predicted octanol–water partition coefficient (Wildman–Crippen LogP) is 2.22. The number of anilines is 1. The number of aryl methyl sites for hydroxylation is 1. The van der Waals surface area contributed by atoms with Gasteiger partial charge < -0.3 is 20.5 Å². The molecule has 0 spiro atoms.